The third kappa shape index (κ3) is 5.90. The number of urea groups is 1. The summed E-state index contributed by atoms with van der Waals surface area (Å²) in [5, 5.41) is 5.54. The van der Waals surface area contributed by atoms with Crippen molar-refractivity contribution in [1.82, 2.24) is 10.6 Å². The van der Waals surface area contributed by atoms with Gasteiger partial charge in [-0.2, -0.15) is 0 Å². The fourth-order valence-electron chi connectivity index (χ4n) is 1.56. The maximum absolute atomic E-state index is 11.4. The number of rotatable bonds is 6. The lowest BCUT2D eigenvalue weighted by Gasteiger charge is -2.09. The summed E-state index contributed by atoms with van der Waals surface area (Å²) in [5.74, 6) is -0.0116. The number of primary amides is 1. The van der Waals surface area contributed by atoms with Crippen molar-refractivity contribution in [3.8, 4) is 0 Å². The highest BCUT2D eigenvalue weighted by atomic mass is 16.2. The Kier molecular flexibility index (Phi) is 5.85. The van der Waals surface area contributed by atoms with Crippen molar-refractivity contribution in [2.45, 2.75) is 20.3 Å². The first-order chi connectivity index (χ1) is 8.99. The predicted octanol–water partition coefficient (Wildman–Crippen LogP) is 1.28. The van der Waals surface area contributed by atoms with Crippen LogP contribution in [-0.4, -0.2) is 25.0 Å². The first-order valence-corrected chi connectivity index (χ1v) is 6.39. The summed E-state index contributed by atoms with van der Waals surface area (Å²) in [6.45, 7) is 5.25. The second-order valence-corrected chi connectivity index (χ2v) is 4.85. The summed E-state index contributed by atoms with van der Waals surface area (Å²) in [5.41, 5.74) is 6.67. The summed E-state index contributed by atoms with van der Waals surface area (Å²) in [6.07, 6.45) is 0.663. The van der Waals surface area contributed by atoms with Crippen molar-refractivity contribution in [3.05, 3.63) is 35.4 Å². The Bertz CT molecular complexity index is 444. The van der Waals surface area contributed by atoms with E-state index in [1.54, 1.807) is 18.2 Å². The second kappa shape index (κ2) is 7.41. The molecule has 0 saturated carbocycles. The van der Waals surface area contributed by atoms with Gasteiger partial charge in [0, 0.05) is 18.7 Å². The number of carbonyl (C=O) groups excluding carboxylic acids is 2. The quantitative estimate of drug-likeness (QED) is 0.722. The Balaban J connectivity index is 2.35. The van der Waals surface area contributed by atoms with Crippen molar-refractivity contribution in [2.24, 2.45) is 11.7 Å². The fraction of sp³-hybridized carbons (Fsp3) is 0.429. The van der Waals surface area contributed by atoms with E-state index in [-0.39, 0.29) is 6.03 Å². The summed E-state index contributed by atoms with van der Waals surface area (Å²) in [6, 6.07) is 6.94. The Hall–Kier alpha value is -2.04. The SMILES string of the molecule is CC(C)CNC(=O)NCCc1cccc(C(N)=O)c1. The van der Waals surface area contributed by atoms with Crippen LogP contribution < -0.4 is 16.4 Å². The van der Waals surface area contributed by atoms with Gasteiger partial charge in [-0.25, -0.2) is 4.79 Å². The average Bonchev–Trinajstić information content (AvgIpc) is 2.36. The molecule has 0 heterocycles. The molecule has 1 aromatic carbocycles. The van der Waals surface area contributed by atoms with E-state index in [1.165, 1.54) is 0 Å². The van der Waals surface area contributed by atoms with E-state index in [9.17, 15) is 9.59 Å². The van der Waals surface area contributed by atoms with Crippen LogP contribution in [0.4, 0.5) is 4.79 Å². The molecule has 0 saturated heterocycles. The summed E-state index contributed by atoms with van der Waals surface area (Å²) in [7, 11) is 0. The number of nitrogens with one attached hydrogen (secondary N) is 2. The highest BCUT2D eigenvalue weighted by molar-refractivity contribution is 5.92. The zero-order valence-electron chi connectivity index (χ0n) is 11.4. The first-order valence-electron chi connectivity index (χ1n) is 6.39. The Labute approximate surface area is 113 Å². The molecule has 0 unspecified atom stereocenters. The molecular formula is C14H21N3O2. The van der Waals surface area contributed by atoms with Gasteiger partial charge < -0.3 is 16.4 Å². The maximum Gasteiger partial charge on any atom is 0.314 e. The minimum atomic E-state index is -0.440. The third-order valence-corrected chi connectivity index (χ3v) is 2.58. The molecule has 0 aliphatic carbocycles. The lowest BCUT2D eigenvalue weighted by Crippen LogP contribution is -2.38. The van der Waals surface area contributed by atoms with E-state index in [0.29, 0.717) is 31.0 Å². The number of amides is 3. The molecule has 0 fully saturated rings. The van der Waals surface area contributed by atoms with E-state index >= 15 is 0 Å². The average molecular weight is 263 g/mol. The van der Waals surface area contributed by atoms with Crippen LogP contribution in [0.2, 0.25) is 0 Å². The van der Waals surface area contributed by atoms with Crippen LogP contribution in [0.25, 0.3) is 0 Å². The molecular weight excluding hydrogens is 242 g/mol. The lowest BCUT2D eigenvalue weighted by atomic mass is 10.1. The fourth-order valence-corrected chi connectivity index (χ4v) is 1.56. The van der Waals surface area contributed by atoms with Gasteiger partial charge in [-0.15, -0.1) is 0 Å². The number of nitrogens with two attached hydrogens (primary N) is 1. The van der Waals surface area contributed by atoms with E-state index in [2.05, 4.69) is 10.6 Å². The zero-order valence-corrected chi connectivity index (χ0v) is 11.4. The van der Waals surface area contributed by atoms with Gasteiger partial charge in [0.15, 0.2) is 0 Å². The molecule has 0 spiro atoms. The van der Waals surface area contributed by atoms with Crippen LogP contribution in [-0.2, 0) is 6.42 Å². The normalized spacial score (nSPS) is 10.3. The summed E-state index contributed by atoms with van der Waals surface area (Å²) < 4.78 is 0. The summed E-state index contributed by atoms with van der Waals surface area (Å²) >= 11 is 0. The van der Waals surface area contributed by atoms with Crippen LogP contribution >= 0.6 is 0 Å². The largest absolute Gasteiger partial charge is 0.366 e. The maximum atomic E-state index is 11.4. The second-order valence-electron chi connectivity index (χ2n) is 4.85. The Morgan fingerprint density at radius 1 is 1.26 bits per heavy atom. The van der Waals surface area contributed by atoms with Crippen molar-refractivity contribution in [3.63, 3.8) is 0 Å². The van der Waals surface area contributed by atoms with Gasteiger partial charge in [-0.05, 0) is 30.0 Å². The molecule has 19 heavy (non-hydrogen) atoms. The minimum Gasteiger partial charge on any atom is -0.366 e. The molecule has 1 rings (SSSR count). The zero-order chi connectivity index (χ0) is 14.3. The molecule has 5 nitrogen and oxygen atoms in total. The van der Waals surface area contributed by atoms with E-state index in [4.69, 9.17) is 5.73 Å². The molecule has 0 atom stereocenters. The van der Waals surface area contributed by atoms with Gasteiger partial charge in [-0.1, -0.05) is 26.0 Å². The van der Waals surface area contributed by atoms with Crippen molar-refractivity contribution in [2.75, 3.05) is 13.1 Å². The molecule has 0 aromatic heterocycles. The molecule has 0 bridgehead atoms. The van der Waals surface area contributed by atoms with Gasteiger partial charge in [-0.3, -0.25) is 4.79 Å². The molecule has 5 heteroatoms. The van der Waals surface area contributed by atoms with E-state index in [0.717, 1.165) is 5.56 Å². The number of hydrogen-bond donors (Lipinski definition) is 3. The molecule has 1 aromatic rings. The molecule has 0 aliphatic heterocycles. The molecule has 4 N–H and O–H groups in total. The van der Waals surface area contributed by atoms with Gasteiger partial charge in [0.1, 0.15) is 0 Å². The molecule has 0 aliphatic rings. The molecule has 3 amide bonds. The Morgan fingerprint density at radius 2 is 2.00 bits per heavy atom. The van der Waals surface area contributed by atoms with Crippen molar-refractivity contribution in [1.29, 1.82) is 0 Å². The standard InChI is InChI=1S/C14H21N3O2/c1-10(2)9-17-14(19)16-7-6-11-4-3-5-12(8-11)13(15)18/h3-5,8,10H,6-7,9H2,1-2H3,(H2,15,18)(H2,16,17,19). The molecule has 104 valence electrons. The number of carbonyl (C=O) groups is 2. The van der Waals surface area contributed by atoms with Crippen LogP contribution in [0.1, 0.15) is 29.8 Å². The van der Waals surface area contributed by atoms with E-state index in [1.807, 2.05) is 19.9 Å². The topological polar surface area (TPSA) is 84.2 Å². The van der Waals surface area contributed by atoms with Crippen molar-refractivity contribution < 1.29 is 9.59 Å². The number of hydrogen-bond acceptors (Lipinski definition) is 2. The van der Waals surface area contributed by atoms with Crippen LogP contribution in [0.3, 0.4) is 0 Å². The van der Waals surface area contributed by atoms with Crippen LogP contribution in [0, 0.1) is 5.92 Å². The molecule has 0 radical (unpaired) electrons. The lowest BCUT2D eigenvalue weighted by molar-refractivity contribution is 0.1000. The Morgan fingerprint density at radius 3 is 2.63 bits per heavy atom. The van der Waals surface area contributed by atoms with E-state index < -0.39 is 5.91 Å². The third-order valence-electron chi connectivity index (χ3n) is 2.58. The van der Waals surface area contributed by atoms with Gasteiger partial charge in [0.2, 0.25) is 5.91 Å². The smallest absolute Gasteiger partial charge is 0.314 e. The predicted molar refractivity (Wildman–Crippen MR) is 74.9 cm³/mol. The highest BCUT2D eigenvalue weighted by Crippen LogP contribution is 2.04. The van der Waals surface area contributed by atoms with Crippen molar-refractivity contribution >= 4 is 11.9 Å². The van der Waals surface area contributed by atoms with Crippen LogP contribution in [0.15, 0.2) is 24.3 Å². The minimum absolute atomic E-state index is 0.167. The summed E-state index contributed by atoms with van der Waals surface area (Å²) in [4.78, 5) is 22.4. The highest BCUT2D eigenvalue weighted by Gasteiger charge is 2.03. The van der Waals surface area contributed by atoms with Gasteiger partial charge in [0.05, 0.1) is 0 Å². The van der Waals surface area contributed by atoms with Crippen LogP contribution in [0.5, 0.6) is 0 Å². The monoisotopic (exact) mass is 263 g/mol. The number of benzene rings is 1. The first kappa shape index (κ1) is 15.0. The van der Waals surface area contributed by atoms with Gasteiger partial charge in [0.25, 0.3) is 0 Å². The van der Waals surface area contributed by atoms with Gasteiger partial charge >= 0.3 is 6.03 Å².